The predicted molar refractivity (Wildman–Crippen MR) is 84.8 cm³/mol. The lowest BCUT2D eigenvalue weighted by atomic mass is 9.98. The molecule has 1 aromatic carbocycles. The van der Waals surface area contributed by atoms with Crippen molar-refractivity contribution in [3.8, 4) is 5.75 Å². The number of rotatable bonds is 5. The van der Waals surface area contributed by atoms with Crippen molar-refractivity contribution < 1.29 is 14.3 Å². The third-order valence-electron chi connectivity index (χ3n) is 3.78. The zero-order chi connectivity index (χ0) is 15.9. The third-order valence-corrected chi connectivity index (χ3v) is 3.78. The molecule has 1 saturated heterocycles. The molecule has 0 bridgehead atoms. The number of hydrogen-bond acceptors (Lipinski definition) is 4. The number of carbonyl (C=O) groups is 2. The molecule has 1 aliphatic rings. The molecule has 6 nitrogen and oxygen atoms in total. The molecule has 2 amide bonds. The summed E-state index contributed by atoms with van der Waals surface area (Å²) in [4.78, 5) is 24.2. The highest BCUT2D eigenvalue weighted by Gasteiger charge is 2.24. The summed E-state index contributed by atoms with van der Waals surface area (Å²) in [6, 6.07) is 6.49. The maximum Gasteiger partial charge on any atom is 0.246 e. The van der Waals surface area contributed by atoms with Crippen LogP contribution in [0.4, 0.5) is 5.69 Å². The highest BCUT2D eigenvalue weighted by Crippen LogP contribution is 2.15. The van der Waals surface area contributed by atoms with Crippen molar-refractivity contribution in [2.75, 3.05) is 25.5 Å². The van der Waals surface area contributed by atoms with E-state index >= 15 is 0 Å². The molecule has 22 heavy (non-hydrogen) atoms. The average Bonchev–Trinajstić information content (AvgIpc) is 2.56. The first-order valence-corrected chi connectivity index (χ1v) is 7.56. The van der Waals surface area contributed by atoms with Crippen LogP contribution >= 0.6 is 0 Å². The summed E-state index contributed by atoms with van der Waals surface area (Å²) >= 11 is 0. The minimum absolute atomic E-state index is 0.0509. The lowest BCUT2D eigenvalue weighted by Crippen LogP contribution is -2.47. The number of amides is 2. The van der Waals surface area contributed by atoms with Crippen molar-refractivity contribution in [2.45, 2.75) is 25.8 Å². The lowest BCUT2D eigenvalue weighted by molar-refractivity contribution is -0.129. The van der Waals surface area contributed by atoms with Crippen molar-refractivity contribution in [1.29, 1.82) is 0 Å². The highest BCUT2D eigenvalue weighted by molar-refractivity contribution is 5.97. The number of anilines is 1. The molecule has 1 aromatic rings. The Bertz CT molecular complexity index is 510. The number of methoxy groups -OCH3 is 1. The van der Waals surface area contributed by atoms with Crippen LogP contribution in [0.15, 0.2) is 24.3 Å². The molecule has 0 spiro atoms. The number of carbonyl (C=O) groups excluding carboxylic acids is 2. The van der Waals surface area contributed by atoms with Crippen LogP contribution in [0.1, 0.15) is 19.8 Å². The van der Waals surface area contributed by atoms with Crippen molar-refractivity contribution >= 4 is 17.5 Å². The fourth-order valence-corrected chi connectivity index (χ4v) is 2.40. The first-order valence-electron chi connectivity index (χ1n) is 7.56. The van der Waals surface area contributed by atoms with Gasteiger partial charge >= 0.3 is 0 Å². The fraction of sp³-hybridized carbons (Fsp3) is 0.500. The summed E-state index contributed by atoms with van der Waals surface area (Å²) in [6.07, 6.45) is 1.86. The van der Waals surface area contributed by atoms with E-state index in [9.17, 15) is 9.59 Å². The molecule has 1 heterocycles. The van der Waals surface area contributed by atoms with E-state index in [4.69, 9.17) is 4.74 Å². The van der Waals surface area contributed by atoms with Gasteiger partial charge < -0.3 is 20.7 Å². The molecule has 0 aromatic heterocycles. The monoisotopic (exact) mass is 305 g/mol. The fourth-order valence-electron chi connectivity index (χ4n) is 2.40. The van der Waals surface area contributed by atoms with Gasteiger partial charge in [-0.25, -0.2) is 0 Å². The minimum atomic E-state index is -0.573. The maximum atomic E-state index is 12.1. The van der Waals surface area contributed by atoms with Gasteiger partial charge in [-0.15, -0.1) is 0 Å². The Kier molecular flexibility index (Phi) is 5.77. The normalized spacial score (nSPS) is 19.1. The van der Waals surface area contributed by atoms with Gasteiger partial charge in [-0.2, -0.15) is 0 Å². The van der Waals surface area contributed by atoms with E-state index in [2.05, 4.69) is 16.0 Å². The third kappa shape index (κ3) is 4.46. The average molecular weight is 305 g/mol. The zero-order valence-corrected chi connectivity index (χ0v) is 13.0. The van der Waals surface area contributed by atoms with Crippen LogP contribution in [0.2, 0.25) is 0 Å². The first-order chi connectivity index (χ1) is 10.6. The van der Waals surface area contributed by atoms with Gasteiger partial charge in [-0.05, 0) is 50.6 Å². The summed E-state index contributed by atoms with van der Waals surface area (Å²) < 4.78 is 5.07. The summed E-state index contributed by atoms with van der Waals surface area (Å²) in [5.41, 5.74) is 0.672. The smallest absolute Gasteiger partial charge is 0.246 e. The van der Waals surface area contributed by atoms with Crippen molar-refractivity contribution in [3.05, 3.63) is 24.3 Å². The lowest BCUT2D eigenvalue weighted by Gasteiger charge is -2.23. The molecule has 120 valence electrons. The van der Waals surface area contributed by atoms with Gasteiger partial charge in [0.25, 0.3) is 0 Å². The number of hydrogen-bond donors (Lipinski definition) is 3. The predicted octanol–water partition coefficient (Wildman–Crippen LogP) is 1.14. The molecule has 3 N–H and O–H groups in total. The Balaban J connectivity index is 1.84. The van der Waals surface area contributed by atoms with Crippen LogP contribution in [-0.4, -0.2) is 38.1 Å². The molecule has 0 radical (unpaired) electrons. The Morgan fingerprint density at radius 3 is 2.64 bits per heavy atom. The van der Waals surface area contributed by atoms with Crippen LogP contribution in [0, 0.1) is 5.92 Å². The second-order valence-corrected chi connectivity index (χ2v) is 5.49. The van der Waals surface area contributed by atoms with Crippen LogP contribution < -0.4 is 20.7 Å². The molecular weight excluding hydrogens is 282 g/mol. The summed E-state index contributed by atoms with van der Waals surface area (Å²) in [5, 5.41) is 8.75. The van der Waals surface area contributed by atoms with Crippen LogP contribution in [0.25, 0.3) is 0 Å². The van der Waals surface area contributed by atoms with Crippen molar-refractivity contribution in [1.82, 2.24) is 10.6 Å². The SMILES string of the molecule is COc1ccc(NC(=O)[C@@H](C)NC(=O)C2CCCNC2)cc1. The standard InChI is InChI=1S/C16H23N3O3/c1-11(18-16(21)12-4-3-9-17-10-12)15(20)19-13-5-7-14(22-2)8-6-13/h5-8,11-12,17H,3-4,9-10H2,1-2H3,(H,18,21)(H,19,20)/t11-,12?/m1/s1. The van der Waals surface area contributed by atoms with Gasteiger partial charge in [-0.1, -0.05) is 0 Å². The van der Waals surface area contributed by atoms with Gasteiger partial charge in [-0.3, -0.25) is 9.59 Å². The van der Waals surface area contributed by atoms with Crippen molar-refractivity contribution in [3.63, 3.8) is 0 Å². The van der Waals surface area contributed by atoms with Crippen LogP contribution in [-0.2, 0) is 9.59 Å². The van der Waals surface area contributed by atoms with E-state index in [1.807, 2.05) is 0 Å². The van der Waals surface area contributed by atoms with E-state index in [1.54, 1.807) is 38.3 Å². The quantitative estimate of drug-likeness (QED) is 0.762. The molecule has 1 aliphatic heterocycles. The molecule has 0 saturated carbocycles. The van der Waals surface area contributed by atoms with E-state index in [0.29, 0.717) is 12.2 Å². The Morgan fingerprint density at radius 2 is 2.05 bits per heavy atom. The topological polar surface area (TPSA) is 79.5 Å². The molecular formula is C16H23N3O3. The zero-order valence-electron chi connectivity index (χ0n) is 13.0. The van der Waals surface area contributed by atoms with Crippen LogP contribution in [0.5, 0.6) is 5.75 Å². The van der Waals surface area contributed by atoms with Crippen molar-refractivity contribution in [2.24, 2.45) is 5.92 Å². The summed E-state index contributed by atoms with van der Waals surface area (Å²) in [5.74, 6) is 0.376. The van der Waals surface area contributed by atoms with Gasteiger partial charge in [0, 0.05) is 12.2 Å². The van der Waals surface area contributed by atoms with E-state index in [0.717, 1.165) is 25.1 Å². The Labute approximate surface area is 130 Å². The molecule has 2 rings (SSSR count). The van der Waals surface area contributed by atoms with Gasteiger partial charge in [0.05, 0.1) is 13.0 Å². The Morgan fingerprint density at radius 1 is 1.32 bits per heavy atom. The number of piperidine rings is 1. The van der Waals surface area contributed by atoms with Gasteiger partial charge in [0.15, 0.2) is 0 Å². The Hall–Kier alpha value is -2.08. The van der Waals surface area contributed by atoms with E-state index in [-0.39, 0.29) is 17.7 Å². The highest BCUT2D eigenvalue weighted by atomic mass is 16.5. The minimum Gasteiger partial charge on any atom is -0.497 e. The molecule has 1 fully saturated rings. The molecule has 0 aliphatic carbocycles. The number of benzene rings is 1. The molecule has 2 atom stereocenters. The summed E-state index contributed by atoms with van der Waals surface area (Å²) in [7, 11) is 1.59. The maximum absolute atomic E-state index is 12.1. The molecule has 1 unspecified atom stereocenters. The number of nitrogens with one attached hydrogen (secondary N) is 3. The number of ether oxygens (including phenoxy) is 1. The van der Waals surface area contributed by atoms with Crippen LogP contribution in [0.3, 0.4) is 0 Å². The second-order valence-electron chi connectivity index (χ2n) is 5.49. The first kappa shape index (κ1) is 16.3. The second kappa shape index (κ2) is 7.79. The largest absolute Gasteiger partial charge is 0.497 e. The van der Waals surface area contributed by atoms with E-state index in [1.165, 1.54) is 0 Å². The van der Waals surface area contributed by atoms with Gasteiger partial charge in [0.2, 0.25) is 11.8 Å². The molecule has 6 heteroatoms. The summed E-state index contributed by atoms with van der Waals surface area (Å²) in [6.45, 7) is 3.32. The van der Waals surface area contributed by atoms with E-state index < -0.39 is 6.04 Å². The van der Waals surface area contributed by atoms with Gasteiger partial charge in [0.1, 0.15) is 11.8 Å².